The summed E-state index contributed by atoms with van der Waals surface area (Å²) in [6, 6.07) is 7.40. The van der Waals surface area contributed by atoms with Crippen molar-refractivity contribution in [1.29, 1.82) is 0 Å². The molecule has 0 bridgehead atoms. The molecule has 0 unspecified atom stereocenters. The molecule has 0 amide bonds. The summed E-state index contributed by atoms with van der Waals surface area (Å²) < 4.78 is 4.69. The Morgan fingerprint density at radius 1 is 1.33 bits per heavy atom. The molecule has 0 saturated carbocycles. The van der Waals surface area contributed by atoms with E-state index in [1.54, 1.807) is 6.07 Å². The van der Waals surface area contributed by atoms with Crippen LogP contribution in [0.1, 0.15) is 5.69 Å². The summed E-state index contributed by atoms with van der Waals surface area (Å²) in [5.41, 5.74) is 7.83. The first-order valence-electron chi connectivity index (χ1n) is 4.58. The second-order valence-electron chi connectivity index (χ2n) is 3.11. The molecule has 0 spiro atoms. The maximum atomic E-state index is 5.89. The van der Waals surface area contributed by atoms with Crippen molar-refractivity contribution in [2.45, 2.75) is 6.42 Å². The fourth-order valence-corrected chi connectivity index (χ4v) is 1.55. The minimum atomic E-state index is 0.516. The molecular weight excluding hydrogens is 214 g/mol. The van der Waals surface area contributed by atoms with Gasteiger partial charge in [0.1, 0.15) is 11.4 Å². The molecule has 0 atom stereocenters. The maximum absolute atomic E-state index is 5.89. The minimum absolute atomic E-state index is 0.516. The van der Waals surface area contributed by atoms with Gasteiger partial charge >= 0.3 is 0 Å². The zero-order valence-corrected chi connectivity index (χ0v) is 8.74. The van der Waals surface area contributed by atoms with E-state index < -0.39 is 0 Å². The molecule has 15 heavy (non-hydrogen) atoms. The van der Waals surface area contributed by atoms with Crippen LogP contribution in [0.15, 0.2) is 28.9 Å². The number of halogens is 1. The Labute approximate surface area is 92.0 Å². The van der Waals surface area contributed by atoms with Gasteiger partial charge in [-0.15, -0.1) is 0 Å². The van der Waals surface area contributed by atoms with Gasteiger partial charge in [-0.25, -0.2) is 4.63 Å². The quantitative estimate of drug-likeness (QED) is 0.863. The Morgan fingerprint density at radius 2 is 2.20 bits per heavy atom. The van der Waals surface area contributed by atoms with Gasteiger partial charge in [0.15, 0.2) is 0 Å². The summed E-state index contributed by atoms with van der Waals surface area (Å²) in [4.78, 5) is 0. The molecule has 0 aliphatic carbocycles. The Kier molecular flexibility index (Phi) is 2.99. The lowest BCUT2D eigenvalue weighted by Crippen LogP contribution is -2.03. The summed E-state index contributed by atoms with van der Waals surface area (Å²) in [5, 5.41) is 8.31. The first kappa shape index (κ1) is 10.1. The van der Waals surface area contributed by atoms with E-state index >= 15 is 0 Å². The number of hydrogen-bond donors (Lipinski definition) is 1. The van der Waals surface area contributed by atoms with Gasteiger partial charge in [0, 0.05) is 17.0 Å². The van der Waals surface area contributed by atoms with Crippen LogP contribution in [0.5, 0.6) is 0 Å². The molecular formula is C10H10ClN3O. The van der Waals surface area contributed by atoms with Crippen LogP contribution in [0.3, 0.4) is 0 Å². The summed E-state index contributed by atoms with van der Waals surface area (Å²) in [5.74, 6) is 0. The molecule has 2 rings (SSSR count). The van der Waals surface area contributed by atoms with Gasteiger partial charge in [0.2, 0.25) is 0 Å². The lowest BCUT2D eigenvalue weighted by Gasteiger charge is -1.98. The zero-order chi connectivity index (χ0) is 10.7. The third kappa shape index (κ3) is 2.16. The van der Waals surface area contributed by atoms with E-state index in [1.165, 1.54) is 0 Å². The van der Waals surface area contributed by atoms with Crippen LogP contribution in [-0.4, -0.2) is 16.9 Å². The van der Waals surface area contributed by atoms with E-state index in [0.717, 1.165) is 11.3 Å². The number of hydrogen-bond acceptors (Lipinski definition) is 4. The molecule has 0 aliphatic rings. The third-order valence-corrected chi connectivity index (χ3v) is 2.27. The number of rotatable bonds is 3. The molecule has 0 radical (unpaired) electrons. The van der Waals surface area contributed by atoms with E-state index in [9.17, 15) is 0 Å². The monoisotopic (exact) mass is 223 g/mol. The highest BCUT2D eigenvalue weighted by Gasteiger charge is 2.11. The number of aromatic nitrogens is 2. The van der Waals surface area contributed by atoms with Crippen LogP contribution in [-0.2, 0) is 6.42 Å². The second kappa shape index (κ2) is 4.42. The van der Waals surface area contributed by atoms with E-state index in [2.05, 4.69) is 10.3 Å². The molecule has 4 nitrogen and oxygen atoms in total. The largest absolute Gasteiger partial charge is 0.330 e. The highest BCUT2D eigenvalue weighted by molar-refractivity contribution is 6.30. The first-order chi connectivity index (χ1) is 7.31. The molecule has 1 heterocycles. The Hall–Kier alpha value is -1.39. The van der Waals surface area contributed by atoms with Crippen LogP contribution in [0.25, 0.3) is 11.3 Å². The lowest BCUT2D eigenvalue weighted by molar-refractivity contribution is 0.304. The summed E-state index contributed by atoms with van der Waals surface area (Å²) in [7, 11) is 0. The van der Waals surface area contributed by atoms with Crippen molar-refractivity contribution < 1.29 is 4.63 Å². The Morgan fingerprint density at radius 3 is 2.93 bits per heavy atom. The molecule has 0 fully saturated rings. The molecule has 0 aliphatic heterocycles. The topological polar surface area (TPSA) is 64.9 Å². The maximum Gasteiger partial charge on any atom is 0.138 e. The van der Waals surface area contributed by atoms with Crippen molar-refractivity contribution in [3.63, 3.8) is 0 Å². The first-order valence-corrected chi connectivity index (χ1v) is 4.96. The predicted octanol–water partition coefficient (Wildman–Crippen LogP) is 1.89. The molecule has 2 aromatic rings. The van der Waals surface area contributed by atoms with Gasteiger partial charge in [-0.3, -0.25) is 0 Å². The van der Waals surface area contributed by atoms with Crippen LogP contribution < -0.4 is 5.73 Å². The van der Waals surface area contributed by atoms with Gasteiger partial charge < -0.3 is 5.73 Å². The molecule has 5 heteroatoms. The number of nitrogens with two attached hydrogens (primary N) is 1. The minimum Gasteiger partial charge on any atom is -0.330 e. The van der Waals surface area contributed by atoms with Crippen LogP contribution in [0.2, 0.25) is 5.02 Å². The van der Waals surface area contributed by atoms with Gasteiger partial charge in [0.05, 0.1) is 0 Å². The molecule has 0 saturated heterocycles. The van der Waals surface area contributed by atoms with Crippen molar-refractivity contribution in [2.75, 3.05) is 6.54 Å². The summed E-state index contributed by atoms with van der Waals surface area (Å²) in [6.07, 6.45) is 0.644. The SMILES string of the molecule is NCCc1nonc1-c1cccc(Cl)c1. The average Bonchev–Trinajstić information content (AvgIpc) is 2.66. The van der Waals surface area contributed by atoms with Gasteiger partial charge in [-0.05, 0) is 23.8 Å². The standard InChI is InChI=1S/C10H10ClN3O/c11-8-3-1-2-7(6-8)10-9(4-5-12)13-15-14-10/h1-3,6H,4-5,12H2. The smallest absolute Gasteiger partial charge is 0.138 e. The van der Waals surface area contributed by atoms with E-state index in [0.29, 0.717) is 23.7 Å². The zero-order valence-electron chi connectivity index (χ0n) is 7.98. The van der Waals surface area contributed by atoms with Crippen molar-refractivity contribution in [3.05, 3.63) is 35.0 Å². The van der Waals surface area contributed by atoms with Crippen molar-refractivity contribution >= 4 is 11.6 Å². The van der Waals surface area contributed by atoms with Crippen LogP contribution in [0, 0.1) is 0 Å². The van der Waals surface area contributed by atoms with E-state index in [-0.39, 0.29) is 0 Å². The van der Waals surface area contributed by atoms with E-state index in [1.807, 2.05) is 18.2 Å². The van der Waals surface area contributed by atoms with Crippen LogP contribution >= 0.6 is 11.6 Å². The van der Waals surface area contributed by atoms with Gasteiger partial charge in [0.25, 0.3) is 0 Å². The van der Waals surface area contributed by atoms with Gasteiger partial charge in [-0.1, -0.05) is 28.9 Å². The van der Waals surface area contributed by atoms with Crippen molar-refractivity contribution in [1.82, 2.24) is 10.3 Å². The number of nitrogens with zero attached hydrogens (tertiary/aromatic N) is 2. The molecule has 2 N–H and O–H groups in total. The average molecular weight is 224 g/mol. The summed E-state index contributed by atoms with van der Waals surface area (Å²) >= 11 is 5.89. The molecule has 78 valence electrons. The number of benzene rings is 1. The van der Waals surface area contributed by atoms with Crippen molar-refractivity contribution in [3.8, 4) is 11.3 Å². The van der Waals surface area contributed by atoms with Gasteiger partial charge in [-0.2, -0.15) is 0 Å². The highest BCUT2D eigenvalue weighted by atomic mass is 35.5. The fraction of sp³-hybridized carbons (Fsp3) is 0.200. The predicted molar refractivity (Wildman–Crippen MR) is 57.5 cm³/mol. The Balaban J connectivity index is 2.40. The molecule has 1 aromatic carbocycles. The second-order valence-corrected chi connectivity index (χ2v) is 3.54. The van der Waals surface area contributed by atoms with Crippen LogP contribution in [0.4, 0.5) is 0 Å². The third-order valence-electron chi connectivity index (χ3n) is 2.04. The lowest BCUT2D eigenvalue weighted by atomic mass is 10.1. The normalized spacial score (nSPS) is 10.5. The fourth-order valence-electron chi connectivity index (χ4n) is 1.36. The summed E-state index contributed by atoms with van der Waals surface area (Å²) in [6.45, 7) is 0.516. The van der Waals surface area contributed by atoms with Crippen molar-refractivity contribution in [2.24, 2.45) is 5.73 Å². The molecule has 1 aromatic heterocycles. The Bertz CT molecular complexity index is 455. The van der Waals surface area contributed by atoms with E-state index in [4.69, 9.17) is 22.0 Å². The highest BCUT2D eigenvalue weighted by Crippen LogP contribution is 2.23.